The normalized spacial score (nSPS) is 13.0. The standard InChI is InChI=1S/C50H39NO2/c1-50(2,3)34-25-29-43(42(30-34)32-14-5-4-6-15-32)51(35-26-27-39-37-18-9-11-22-45(37)52-47(39)31-35)44-28-24-33-16-7-8-17-36(33)48(44)41-21-13-20-40-38-19-10-12-23-46(38)53-49(40)41/h4-9,11-18,20-31H,10,19H2,1-3H3. The van der Waals surface area contributed by atoms with Crippen molar-refractivity contribution in [1.29, 1.82) is 0 Å². The number of anilines is 3. The van der Waals surface area contributed by atoms with Crippen LogP contribution in [0.1, 0.15) is 44.1 Å². The summed E-state index contributed by atoms with van der Waals surface area (Å²) >= 11 is 0. The predicted molar refractivity (Wildman–Crippen MR) is 223 cm³/mol. The number of para-hydroxylation sites is 2. The molecule has 53 heavy (non-hydrogen) atoms. The molecule has 0 fully saturated rings. The van der Waals surface area contributed by atoms with Gasteiger partial charge in [0.1, 0.15) is 22.5 Å². The quantitative estimate of drug-likeness (QED) is 0.181. The third-order valence-corrected chi connectivity index (χ3v) is 10.9. The first-order valence-corrected chi connectivity index (χ1v) is 18.6. The lowest BCUT2D eigenvalue weighted by Gasteiger charge is -2.32. The maximum atomic E-state index is 6.79. The Morgan fingerprint density at radius 3 is 2.19 bits per heavy atom. The van der Waals surface area contributed by atoms with Crippen LogP contribution in [0, 0.1) is 0 Å². The lowest BCUT2D eigenvalue weighted by Crippen LogP contribution is -2.15. The van der Waals surface area contributed by atoms with Gasteiger partial charge in [-0.05, 0) is 82.6 Å². The van der Waals surface area contributed by atoms with Crippen LogP contribution in [0.3, 0.4) is 0 Å². The number of furan rings is 2. The molecule has 0 radical (unpaired) electrons. The van der Waals surface area contributed by atoms with E-state index in [1.807, 2.05) is 12.1 Å². The van der Waals surface area contributed by atoms with Crippen LogP contribution in [0.4, 0.5) is 17.1 Å². The van der Waals surface area contributed by atoms with E-state index in [0.717, 1.165) is 74.3 Å². The topological polar surface area (TPSA) is 29.5 Å². The monoisotopic (exact) mass is 685 g/mol. The molecule has 9 aromatic rings. The number of nitrogens with zero attached hydrogens (tertiary/aromatic N) is 1. The second kappa shape index (κ2) is 12.1. The van der Waals surface area contributed by atoms with Crippen LogP contribution in [0.5, 0.6) is 0 Å². The minimum absolute atomic E-state index is 0.0311. The number of rotatable bonds is 5. The number of hydrogen-bond acceptors (Lipinski definition) is 3. The van der Waals surface area contributed by atoms with Gasteiger partial charge in [0.05, 0.1) is 11.4 Å². The Balaban J connectivity index is 1.32. The van der Waals surface area contributed by atoms with Gasteiger partial charge in [-0.1, -0.05) is 130 Å². The number of benzene rings is 7. The lowest BCUT2D eigenvalue weighted by atomic mass is 9.84. The van der Waals surface area contributed by atoms with Gasteiger partial charge in [-0.25, -0.2) is 0 Å². The van der Waals surface area contributed by atoms with Gasteiger partial charge < -0.3 is 13.7 Å². The number of fused-ring (bicyclic) bond motifs is 7. The van der Waals surface area contributed by atoms with E-state index in [1.165, 1.54) is 38.4 Å². The van der Waals surface area contributed by atoms with Gasteiger partial charge in [-0.3, -0.25) is 0 Å². The summed E-state index contributed by atoms with van der Waals surface area (Å²) in [5.74, 6) is 0.969. The minimum Gasteiger partial charge on any atom is -0.456 e. The molecule has 0 amide bonds. The first-order chi connectivity index (χ1) is 25.9. The van der Waals surface area contributed by atoms with E-state index in [9.17, 15) is 0 Å². The van der Waals surface area contributed by atoms with Crippen molar-refractivity contribution in [2.24, 2.45) is 0 Å². The molecule has 0 spiro atoms. The van der Waals surface area contributed by atoms with Crippen LogP contribution in [0.15, 0.2) is 161 Å². The third-order valence-electron chi connectivity index (χ3n) is 10.9. The highest BCUT2D eigenvalue weighted by Crippen LogP contribution is 2.50. The number of hydrogen-bond donors (Lipinski definition) is 0. The van der Waals surface area contributed by atoms with E-state index in [1.54, 1.807) is 0 Å². The average molecular weight is 686 g/mol. The molecule has 0 unspecified atom stereocenters. The summed E-state index contributed by atoms with van der Waals surface area (Å²) in [6, 6.07) is 52.6. The molecule has 10 rings (SSSR count). The van der Waals surface area contributed by atoms with Gasteiger partial charge in [0.2, 0.25) is 0 Å². The van der Waals surface area contributed by atoms with Gasteiger partial charge in [0.15, 0.2) is 0 Å². The summed E-state index contributed by atoms with van der Waals surface area (Å²) in [6.07, 6.45) is 6.37. The summed E-state index contributed by atoms with van der Waals surface area (Å²) in [7, 11) is 0. The Hall–Kier alpha value is -6.32. The van der Waals surface area contributed by atoms with E-state index in [4.69, 9.17) is 8.83 Å². The second-order valence-corrected chi connectivity index (χ2v) is 15.2. The molecule has 7 aromatic carbocycles. The number of aryl methyl sites for hydroxylation is 1. The van der Waals surface area contributed by atoms with Crippen molar-refractivity contribution in [2.75, 3.05) is 4.90 Å². The zero-order chi connectivity index (χ0) is 35.7. The maximum absolute atomic E-state index is 6.79. The summed E-state index contributed by atoms with van der Waals surface area (Å²) in [5, 5.41) is 5.77. The summed E-state index contributed by atoms with van der Waals surface area (Å²) < 4.78 is 13.3. The van der Waals surface area contributed by atoms with Crippen LogP contribution < -0.4 is 4.90 Å². The van der Waals surface area contributed by atoms with E-state index in [0.29, 0.717) is 0 Å². The van der Waals surface area contributed by atoms with Crippen LogP contribution >= 0.6 is 0 Å². The van der Waals surface area contributed by atoms with Gasteiger partial charge in [-0.2, -0.15) is 0 Å². The van der Waals surface area contributed by atoms with E-state index < -0.39 is 0 Å². The summed E-state index contributed by atoms with van der Waals surface area (Å²) in [6.45, 7) is 6.85. The smallest absolute Gasteiger partial charge is 0.142 e. The first-order valence-electron chi connectivity index (χ1n) is 18.6. The summed E-state index contributed by atoms with van der Waals surface area (Å²) in [4.78, 5) is 2.44. The Kier molecular flexibility index (Phi) is 7.19. The van der Waals surface area contributed by atoms with Crippen molar-refractivity contribution in [1.82, 2.24) is 0 Å². The van der Waals surface area contributed by atoms with Crippen LogP contribution in [-0.4, -0.2) is 0 Å². The van der Waals surface area contributed by atoms with Crippen molar-refractivity contribution in [3.63, 3.8) is 0 Å². The Morgan fingerprint density at radius 2 is 1.32 bits per heavy atom. The van der Waals surface area contributed by atoms with Crippen LogP contribution in [-0.2, 0) is 11.8 Å². The molecule has 0 N–H and O–H groups in total. The molecule has 256 valence electrons. The highest BCUT2D eigenvalue weighted by Gasteiger charge is 2.27. The largest absolute Gasteiger partial charge is 0.456 e. The second-order valence-electron chi connectivity index (χ2n) is 15.2. The SMILES string of the molecule is CC(C)(C)c1ccc(N(c2ccc3c(c2)oc2ccccc23)c2ccc3ccccc3c2-c2cccc3c4c(oc23)C=CCC4)c(-c2ccccc2)c1. The van der Waals surface area contributed by atoms with Gasteiger partial charge in [0, 0.05) is 50.2 Å². The molecule has 0 bridgehead atoms. The molecule has 0 aliphatic heterocycles. The molecule has 0 saturated carbocycles. The van der Waals surface area contributed by atoms with Gasteiger partial charge in [0.25, 0.3) is 0 Å². The molecule has 0 atom stereocenters. The van der Waals surface area contributed by atoms with Crippen LogP contribution in [0.2, 0.25) is 0 Å². The highest BCUT2D eigenvalue weighted by atomic mass is 16.3. The van der Waals surface area contributed by atoms with Crippen molar-refractivity contribution in [3.8, 4) is 22.3 Å². The minimum atomic E-state index is -0.0311. The molecule has 3 heteroatoms. The van der Waals surface area contributed by atoms with Gasteiger partial charge >= 0.3 is 0 Å². The third kappa shape index (κ3) is 5.18. The fourth-order valence-electron chi connectivity index (χ4n) is 8.23. The highest BCUT2D eigenvalue weighted by molar-refractivity contribution is 6.12. The number of allylic oxidation sites excluding steroid dienone is 1. The zero-order valence-corrected chi connectivity index (χ0v) is 30.2. The average Bonchev–Trinajstić information content (AvgIpc) is 3.76. The molecule has 0 saturated heterocycles. The Morgan fingerprint density at radius 1 is 0.566 bits per heavy atom. The molecule has 1 aliphatic rings. The predicted octanol–water partition coefficient (Wildman–Crippen LogP) is 14.5. The maximum Gasteiger partial charge on any atom is 0.142 e. The van der Waals surface area contributed by atoms with Crippen LogP contribution in [0.25, 0.3) is 72.0 Å². The van der Waals surface area contributed by atoms with Crippen molar-refractivity contribution in [3.05, 3.63) is 169 Å². The molecule has 2 aromatic heterocycles. The molecule has 3 nitrogen and oxygen atoms in total. The van der Waals surface area contributed by atoms with E-state index >= 15 is 0 Å². The first kappa shape index (κ1) is 31.4. The van der Waals surface area contributed by atoms with E-state index in [-0.39, 0.29) is 5.41 Å². The fraction of sp³-hybridized carbons (Fsp3) is 0.120. The lowest BCUT2D eigenvalue weighted by molar-refractivity contribution is 0.590. The Bertz CT molecular complexity index is 2880. The molecular formula is C50H39NO2. The fourth-order valence-corrected chi connectivity index (χ4v) is 8.23. The van der Waals surface area contributed by atoms with E-state index in [2.05, 4.69) is 171 Å². The van der Waals surface area contributed by atoms with Crippen molar-refractivity contribution >= 4 is 66.8 Å². The Labute approximate surface area is 309 Å². The molecular weight excluding hydrogens is 647 g/mol. The summed E-state index contributed by atoms with van der Waals surface area (Å²) in [5.41, 5.74) is 12.9. The zero-order valence-electron chi connectivity index (χ0n) is 30.2. The molecule has 1 aliphatic carbocycles. The van der Waals surface area contributed by atoms with Crippen molar-refractivity contribution in [2.45, 2.75) is 39.0 Å². The van der Waals surface area contributed by atoms with Crippen molar-refractivity contribution < 1.29 is 8.83 Å². The van der Waals surface area contributed by atoms with Gasteiger partial charge in [-0.15, -0.1) is 0 Å². The molecule has 2 heterocycles.